The fourth-order valence-corrected chi connectivity index (χ4v) is 3.36. The van der Waals surface area contributed by atoms with E-state index in [0.29, 0.717) is 0 Å². The highest BCUT2D eigenvalue weighted by Crippen LogP contribution is 2.35. The molecule has 4 heteroatoms. The van der Waals surface area contributed by atoms with Crippen molar-refractivity contribution in [3.8, 4) is 0 Å². The monoisotopic (exact) mass is 314 g/mol. The molecule has 0 aliphatic carbocycles. The van der Waals surface area contributed by atoms with E-state index in [1.54, 1.807) is 11.8 Å². The normalized spacial score (nSPS) is 11.0. The predicted octanol–water partition coefficient (Wildman–Crippen LogP) is 4.76. The van der Waals surface area contributed by atoms with Crippen molar-refractivity contribution in [2.45, 2.75) is 16.5 Å². The average molecular weight is 315 g/mol. The van der Waals surface area contributed by atoms with Gasteiger partial charge in [0.15, 0.2) is 0 Å². The Kier molecular flexibility index (Phi) is 4.44. The van der Waals surface area contributed by atoms with E-state index in [4.69, 9.17) is 16.6 Å². The van der Waals surface area contributed by atoms with E-state index >= 15 is 0 Å². The summed E-state index contributed by atoms with van der Waals surface area (Å²) in [4.78, 5) is 5.82. The molecule has 0 amide bonds. The van der Waals surface area contributed by atoms with Crippen molar-refractivity contribution in [1.29, 1.82) is 0 Å². The van der Waals surface area contributed by atoms with Gasteiger partial charge in [-0.3, -0.25) is 0 Å². The van der Waals surface area contributed by atoms with Gasteiger partial charge in [-0.05, 0) is 36.9 Å². The van der Waals surface area contributed by atoms with Gasteiger partial charge in [-0.1, -0.05) is 53.7 Å². The van der Waals surface area contributed by atoms with Gasteiger partial charge in [0.05, 0.1) is 10.5 Å². The Labute approximate surface area is 133 Å². The lowest BCUT2D eigenvalue weighted by Gasteiger charge is -2.11. The smallest absolute Gasteiger partial charge is 0.106 e. The molecule has 1 N–H and O–H groups in total. The number of para-hydroxylation sites is 1. The average Bonchev–Trinajstić information content (AvgIpc) is 2.50. The minimum Gasteiger partial charge on any atom is -0.316 e. The maximum atomic E-state index is 6.26. The van der Waals surface area contributed by atoms with Crippen LogP contribution in [0.1, 0.15) is 5.56 Å². The lowest BCUT2D eigenvalue weighted by molar-refractivity contribution is 0.794. The van der Waals surface area contributed by atoms with Crippen molar-refractivity contribution in [3.63, 3.8) is 0 Å². The number of pyridine rings is 1. The van der Waals surface area contributed by atoms with Crippen LogP contribution >= 0.6 is 23.4 Å². The predicted molar refractivity (Wildman–Crippen MR) is 90.1 cm³/mol. The second kappa shape index (κ2) is 6.48. The third kappa shape index (κ3) is 3.21. The third-order valence-corrected chi connectivity index (χ3v) is 4.74. The number of hydrogen-bond donors (Lipinski definition) is 1. The Morgan fingerprint density at radius 2 is 1.86 bits per heavy atom. The number of rotatable bonds is 4. The topological polar surface area (TPSA) is 24.9 Å². The molecule has 0 spiro atoms. The third-order valence-electron chi connectivity index (χ3n) is 3.17. The molecule has 0 unspecified atom stereocenters. The van der Waals surface area contributed by atoms with Gasteiger partial charge in [0.2, 0.25) is 0 Å². The number of fused-ring (bicyclic) bond motifs is 1. The minimum atomic E-state index is 0.757. The van der Waals surface area contributed by atoms with E-state index < -0.39 is 0 Å². The molecule has 2 aromatic carbocycles. The number of nitrogens with one attached hydrogen (secondary N) is 1. The first-order chi connectivity index (χ1) is 10.3. The molecule has 0 aliphatic rings. The summed E-state index contributed by atoms with van der Waals surface area (Å²) in [6.45, 7) is 0.782. The highest BCUT2D eigenvalue weighted by Gasteiger charge is 2.10. The maximum Gasteiger partial charge on any atom is 0.106 e. The van der Waals surface area contributed by atoms with Crippen LogP contribution in [-0.2, 0) is 6.54 Å². The fourth-order valence-electron chi connectivity index (χ4n) is 2.18. The zero-order valence-corrected chi connectivity index (χ0v) is 13.2. The highest BCUT2D eigenvalue weighted by molar-refractivity contribution is 7.99. The van der Waals surface area contributed by atoms with Gasteiger partial charge >= 0.3 is 0 Å². The standard InChI is InChI=1S/C17H15ClN2S/c1-19-11-13-10-12-6-2-4-8-15(12)20-17(13)21-16-9-5-3-7-14(16)18/h2-10,19H,11H2,1H3. The Hall–Kier alpha value is -1.55. The summed E-state index contributed by atoms with van der Waals surface area (Å²) >= 11 is 7.87. The summed E-state index contributed by atoms with van der Waals surface area (Å²) in [5.41, 5.74) is 2.19. The van der Waals surface area contributed by atoms with Crippen LogP contribution in [0.15, 0.2) is 64.5 Å². The lowest BCUT2D eigenvalue weighted by atomic mass is 10.1. The van der Waals surface area contributed by atoms with E-state index in [9.17, 15) is 0 Å². The molecule has 0 radical (unpaired) electrons. The van der Waals surface area contributed by atoms with Gasteiger partial charge in [-0.25, -0.2) is 4.98 Å². The molecular weight excluding hydrogens is 300 g/mol. The zero-order chi connectivity index (χ0) is 14.7. The summed E-state index contributed by atoms with van der Waals surface area (Å²) in [6, 6.07) is 18.2. The van der Waals surface area contributed by atoms with Crippen LogP contribution in [0.2, 0.25) is 5.02 Å². The first kappa shape index (κ1) is 14.4. The van der Waals surface area contributed by atoms with Gasteiger partial charge in [0, 0.05) is 16.8 Å². The van der Waals surface area contributed by atoms with Crippen molar-refractivity contribution in [3.05, 3.63) is 65.2 Å². The number of aromatic nitrogens is 1. The van der Waals surface area contributed by atoms with E-state index in [2.05, 4.69) is 17.4 Å². The second-order valence-electron chi connectivity index (χ2n) is 4.71. The Bertz CT molecular complexity index is 774. The molecule has 0 saturated carbocycles. The summed E-state index contributed by atoms with van der Waals surface area (Å²) in [7, 11) is 1.94. The van der Waals surface area contributed by atoms with E-state index in [1.807, 2.05) is 49.5 Å². The lowest BCUT2D eigenvalue weighted by Crippen LogP contribution is -2.07. The molecule has 0 bridgehead atoms. The molecule has 21 heavy (non-hydrogen) atoms. The van der Waals surface area contributed by atoms with Crippen LogP contribution in [0.4, 0.5) is 0 Å². The van der Waals surface area contributed by atoms with Crippen LogP contribution < -0.4 is 5.32 Å². The van der Waals surface area contributed by atoms with E-state index in [-0.39, 0.29) is 0 Å². The highest BCUT2D eigenvalue weighted by atomic mass is 35.5. The molecule has 1 heterocycles. The number of hydrogen-bond acceptors (Lipinski definition) is 3. The minimum absolute atomic E-state index is 0.757. The molecule has 106 valence electrons. The Morgan fingerprint density at radius 3 is 2.67 bits per heavy atom. The van der Waals surface area contributed by atoms with Crippen molar-refractivity contribution >= 4 is 34.3 Å². The molecule has 3 aromatic rings. The molecule has 2 nitrogen and oxygen atoms in total. The van der Waals surface area contributed by atoms with Crippen LogP contribution in [0.5, 0.6) is 0 Å². The summed E-state index contributed by atoms with van der Waals surface area (Å²) < 4.78 is 0. The number of benzene rings is 2. The van der Waals surface area contributed by atoms with Gasteiger partial charge in [-0.15, -0.1) is 0 Å². The van der Waals surface area contributed by atoms with Crippen LogP contribution in [0.3, 0.4) is 0 Å². The molecule has 3 rings (SSSR count). The summed E-state index contributed by atoms with van der Waals surface area (Å²) in [5.74, 6) is 0. The Balaban J connectivity index is 2.07. The van der Waals surface area contributed by atoms with Crippen LogP contribution in [0, 0.1) is 0 Å². The quantitative estimate of drug-likeness (QED) is 0.751. The largest absolute Gasteiger partial charge is 0.316 e. The molecular formula is C17H15ClN2S. The van der Waals surface area contributed by atoms with E-state index in [0.717, 1.165) is 32.4 Å². The number of halogens is 1. The maximum absolute atomic E-state index is 6.26. The molecule has 0 fully saturated rings. The van der Waals surface area contributed by atoms with Gasteiger partial charge in [0.25, 0.3) is 0 Å². The summed E-state index contributed by atoms with van der Waals surface area (Å²) in [5, 5.41) is 6.12. The van der Waals surface area contributed by atoms with Gasteiger partial charge < -0.3 is 5.32 Å². The molecule has 0 saturated heterocycles. The van der Waals surface area contributed by atoms with Crippen LogP contribution in [-0.4, -0.2) is 12.0 Å². The first-order valence-corrected chi connectivity index (χ1v) is 7.93. The Morgan fingerprint density at radius 1 is 1.10 bits per heavy atom. The van der Waals surface area contributed by atoms with E-state index in [1.165, 1.54) is 5.56 Å². The van der Waals surface area contributed by atoms with Crippen molar-refractivity contribution in [1.82, 2.24) is 10.3 Å². The first-order valence-electron chi connectivity index (χ1n) is 6.73. The zero-order valence-electron chi connectivity index (χ0n) is 11.6. The summed E-state index contributed by atoms with van der Waals surface area (Å²) in [6.07, 6.45) is 0. The number of nitrogens with zero attached hydrogens (tertiary/aromatic N) is 1. The van der Waals surface area contributed by atoms with Crippen molar-refractivity contribution in [2.24, 2.45) is 0 Å². The van der Waals surface area contributed by atoms with Crippen molar-refractivity contribution < 1.29 is 0 Å². The second-order valence-corrected chi connectivity index (χ2v) is 6.15. The molecule has 1 aromatic heterocycles. The van der Waals surface area contributed by atoms with Gasteiger partial charge in [0.1, 0.15) is 5.03 Å². The van der Waals surface area contributed by atoms with Crippen molar-refractivity contribution in [2.75, 3.05) is 7.05 Å². The molecule has 0 atom stereocenters. The molecule has 0 aliphatic heterocycles. The SMILES string of the molecule is CNCc1cc2ccccc2nc1Sc1ccccc1Cl. The van der Waals surface area contributed by atoms with Crippen LogP contribution in [0.25, 0.3) is 10.9 Å². The fraction of sp³-hybridized carbons (Fsp3) is 0.118. The van der Waals surface area contributed by atoms with Gasteiger partial charge in [-0.2, -0.15) is 0 Å².